The number of rotatable bonds is 1. The first kappa shape index (κ1) is 14.9. The summed E-state index contributed by atoms with van der Waals surface area (Å²) in [6, 6.07) is 0. The van der Waals surface area contributed by atoms with Gasteiger partial charge in [-0.3, -0.25) is 4.79 Å². The van der Waals surface area contributed by atoms with Crippen molar-refractivity contribution in [2.45, 2.75) is 65.9 Å². The Kier molecular flexibility index (Phi) is 2.63. The third-order valence-electron chi connectivity index (χ3n) is 9.21. The Labute approximate surface area is 134 Å². The Bertz CT molecular complexity index is 568. The minimum Gasteiger partial charge on any atom is -0.392 e. The van der Waals surface area contributed by atoms with Crippen LogP contribution in [-0.2, 0) is 4.79 Å². The number of Topliss-reactive ketones (excluding diaryl/α,β-unsaturated/α-hetero) is 1. The van der Waals surface area contributed by atoms with Crippen LogP contribution in [0.3, 0.4) is 0 Å². The topological polar surface area (TPSA) is 37.3 Å². The highest BCUT2D eigenvalue weighted by molar-refractivity contribution is 5.94. The zero-order valence-corrected chi connectivity index (χ0v) is 14.5. The molecule has 0 aliphatic heterocycles. The van der Waals surface area contributed by atoms with E-state index in [1.807, 2.05) is 6.08 Å². The number of carbonyl (C=O) groups excluding carboxylic acids is 1. The normalized spacial score (nSPS) is 62.9. The summed E-state index contributed by atoms with van der Waals surface area (Å²) in [6.07, 6.45) is 6.58. The second kappa shape index (κ2) is 3.88. The molecule has 2 unspecified atom stereocenters. The molecule has 4 rings (SSSR count). The van der Waals surface area contributed by atoms with Gasteiger partial charge in [-0.15, -0.1) is 6.58 Å². The molecule has 2 heteroatoms. The summed E-state index contributed by atoms with van der Waals surface area (Å²) in [6.45, 7) is 13.1. The molecule has 4 aliphatic carbocycles. The van der Waals surface area contributed by atoms with Crippen LogP contribution in [0.1, 0.15) is 59.8 Å². The molecule has 1 spiro atoms. The van der Waals surface area contributed by atoms with Crippen LogP contribution in [0.5, 0.6) is 0 Å². The predicted molar refractivity (Wildman–Crippen MR) is 87.2 cm³/mol. The highest BCUT2D eigenvalue weighted by atomic mass is 16.3. The molecular formula is C20H30O2. The zero-order chi connectivity index (χ0) is 16.1. The Balaban J connectivity index is 1.96. The van der Waals surface area contributed by atoms with Gasteiger partial charge in [0.25, 0.3) is 0 Å². The third kappa shape index (κ3) is 1.15. The smallest absolute Gasteiger partial charge is 0.140 e. The summed E-state index contributed by atoms with van der Waals surface area (Å²) in [5, 5.41) is 11.1. The van der Waals surface area contributed by atoms with Crippen molar-refractivity contribution in [2.75, 3.05) is 0 Å². The van der Waals surface area contributed by atoms with Crippen LogP contribution in [0.4, 0.5) is 0 Å². The van der Waals surface area contributed by atoms with E-state index in [-0.39, 0.29) is 33.7 Å². The van der Waals surface area contributed by atoms with Crippen molar-refractivity contribution in [3.8, 4) is 0 Å². The maximum atomic E-state index is 13.1. The average molecular weight is 302 g/mol. The minimum atomic E-state index is -0.377. The van der Waals surface area contributed by atoms with Gasteiger partial charge in [0, 0.05) is 17.3 Å². The average Bonchev–Trinajstić information content (AvgIpc) is 2.93. The lowest BCUT2D eigenvalue weighted by atomic mass is 9.53. The Morgan fingerprint density at radius 2 is 1.95 bits per heavy atom. The maximum Gasteiger partial charge on any atom is 0.140 e. The van der Waals surface area contributed by atoms with Crippen LogP contribution >= 0.6 is 0 Å². The van der Waals surface area contributed by atoms with Gasteiger partial charge in [0.1, 0.15) is 5.78 Å². The second-order valence-electron chi connectivity index (χ2n) is 9.31. The molecule has 0 heterocycles. The summed E-state index contributed by atoms with van der Waals surface area (Å²) in [5.74, 6) is 1.75. The van der Waals surface area contributed by atoms with Crippen molar-refractivity contribution in [1.82, 2.24) is 0 Å². The van der Waals surface area contributed by atoms with Crippen molar-refractivity contribution in [3.63, 3.8) is 0 Å². The first-order valence-corrected chi connectivity index (χ1v) is 9.07. The molecule has 2 nitrogen and oxygen atoms in total. The predicted octanol–water partition coefficient (Wildman–Crippen LogP) is 3.98. The van der Waals surface area contributed by atoms with Crippen molar-refractivity contribution < 1.29 is 9.90 Å². The van der Waals surface area contributed by atoms with Crippen LogP contribution < -0.4 is 0 Å². The van der Waals surface area contributed by atoms with Crippen LogP contribution in [-0.4, -0.2) is 17.0 Å². The SMILES string of the molecule is C=C[C@]1(C)CC2C34C(=O)CC[C@@]3(CC[C@@H](C)[C@@]24C)[C@@H](C)[C@@H]1O. The van der Waals surface area contributed by atoms with E-state index in [1.54, 1.807) is 0 Å². The molecule has 1 N–H and O–H groups in total. The molecule has 0 amide bonds. The van der Waals surface area contributed by atoms with Gasteiger partial charge in [0.2, 0.25) is 0 Å². The van der Waals surface area contributed by atoms with E-state index in [9.17, 15) is 9.90 Å². The molecular weight excluding hydrogens is 272 g/mol. The van der Waals surface area contributed by atoms with Crippen LogP contribution in [0.15, 0.2) is 12.7 Å². The molecule has 22 heavy (non-hydrogen) atoms. The van der Waals surface area contributed by atoms with E-state index in [0.717, 1.165) is 25.7 Å². The fourth-order valence-corrected chi connectivity index (χ4v) is 7.77. The molecule has 8 atom stereocenters. The Morgan fingerprint density at radius 1 is 1.27 bits per heavy atom. The fraction of sp³-hybridized carbons (Fsp3) is 0.850. The molecule has 0 aromatic rings. The number of hydrogen-bond acceptors (Lipinski definition) is 2. The van der Waals surface area contributed by atoms with Gasteiger partial charge in [0.15, 0.2) is 0 Å². The van der Waals surface area contributed by atoms with E-state index in [0.29, 0.717) is 17.6 Å². The molecule has 4 aliphatic rings. The number of carbonyl (C=O) groups is 1. The van der Waals surface area contributed by atoms with E-state index >= 15 is 0 Å². The lowest BCUT2D eigenvalue weighted by Crippen LogP contribution is -2.50. The van der Waals surface area contributed by atoms with E-state index in [1.165, 1.54) is 6.42 Å². The largest absolute Gasteiger partial charge is 0.392 e. The second-order valence-corrected chi connectivity index (χ2v) is 9.31. The van der Waals surface area contributed by atoms with Gasteiger partial charge < -0.3 is 5.11 Å². The molecule has 4 saturated carbocycles. The molecule has 0 radical (unpaired) electrons. The summed E-state index contributed by atoms with van der Waals surface area (Å²) in [5.41, 5.74) is -0.212. The molecule has 0 saturated heterocycles. The van der Waals surface area contributed by atoms with Gasteiger partial charge in [-0.25, -0.2) is 0 Å². The van der Waals surface area contributed by atoms with Gasteiger partial charge in [-0.1, -0.05) is 33.8 Å². The number of aliphatic hydroxyl groups excluding tert-OH is 1. The van der Waals surface area contributed by atoms with E-state index < -0.39 is 0 Å². The van der Waals surface area contributed by atoms with E-state index in [2.05, 4.69) is 34.3 Å². The summed E-state index contributed by atoms with van der Waals surface area (Å²) < 4.78 is 0. The van der Waals surface area contributed by atoms with Crippen molar-refractivity contribution in [1.29, 1.82) is 0 Å². The first-order chi connectivity index (χ1) is 10.2. The lowest BCUT2D eigenvalue weighted by Gasteiger charge is -2.51. The molecule has 122 valence electrons. The number of aliphatic hydroxyl groups is 1. The van der Waals surface area contributed by atoms with Gasteiger partial charge in [-0.2, -0.15) is 0 Å². The number of fused-ring (bicyclic) bond motifs is 1. The van der Waals surface area contributed by atoms with Crippen molar-refractivity contribution in [2.24, 2.45) is 39.4 Å². The van der Waals surface area contributed by atoms with Crippen molar-refractivity contribution >= 4 is 5.78 Å². The Hall–Kier alpha value is -0.630. The van der Waals surface area contributed by atoms with Crippen LogP contribution in [0.2, 0.25) is 0 Å². The van der Waals surface area contributed by atoms with Crippen LogP contribution in [0.25, 0.3) is 0 Å². The van der Waals surface area contributed by atoms with E-state index in [4.69, 9.17) is 0 Å². The fourth-order valence-electron chi connectivity index (χ4n) is 7.77. The van der Waals surface area contributed by atoms with Gasteiger partial charge in [-0.05, 0) is 54.3 Å². The summed E-state index contributed by atoms with van der Waals surface area (Å²) >= 11 is 0. The van der Waals surface area contributed by atoms with Gasteiger partial charge in [0.05, 0.1) is 6.10 Å². The van der Waals surface area contributed by atoms with Crippen molar-refractivity contribution in [3.05, 3.63) is 12.7 Å². The summed E-state index contributed by atoms with van der Waals surface area (Å²) in [7, 11) is 0. The number of ketones is 1. The molecule has 0 aromatic heterocycles. The van der Waals surface area contributed by atoms with Gasteiger partial charge >= 0.3 is 0 Å². The van der Waals surface area contributed by atoms with Crippen LogP contribution in [0, 0.1) is 39.4 Å². The monoisotopic (exact) mass is 302 g/mol. The number of hydrogen-bond donors (Lipinski definition) is 1. The maximum absolute atomic E-state index is 13.1. The zero-order valence-electron chi connectivity index (χ0n) is 14.5. The highest BCUT2D eigenvalue weighted by Crippen LogP contribution is 2.90. The lowest BCUT2D eigenvalue weighted by molar-refractivity contribution is -0.133. The summed E-state index contributed by atoms with van der Waals surface area (Å²) in [4.78, 5) is 13.1. The molecule has 4 fully saturated rings. The molecule has 0 aromatic carbocycles. The molecule has 0 bridgehead atoms. The quantitative estimate of drug-likeness (QED) is 0.744. The highest BCUT2D eigenvalue weighted by Gasteiger charge is 2.89. The first-order valence-electron chi connectivity index (χ1n) is 9.07. The third-order valence-corrected chi connectivity index (χ3v) is 9.21. The minimum absolute atomic E-state index is 0.0379. The Morgan fingerprint density at radius 3 is 2.59 bits per heavy atom. The standard InChI is InChI=1S/C20H30O2/c1-6-17(4)11-14-18(5)12(2)7-9-19(13(3)16(17)22)10-8-15(21)20(14,18)19/h6,12-14,16,22H,1,7-11H2,2-5H3/t12-,13+,14?,16+,17-,18+,19+,20?/m1/s1.